The van der Waals surface area contributed by atoms with E-state index in [0.717, 1.165) is 22.9 Å². The fraction of sp³-hybridized carbons (Fsp3) is 0.250. The van der Waals surface area contributed by atoms with E-state index in [9.17, 15) is 13.2 Å². The van der Waals surface area contributed by atoms with E-state index in [1.54, 1.807) is 36.0 Å². The summed E-state index contributed by atoms with van der Waals surface area (Å²) in [5.74, 6) is -0.457. The van der Waals surface area contributed by atoms with Crippen molar-refractivity contribution in [1.82, 2.24) is 10.2 Å². The van der Waals surface area contributed by atoms with Gasteiger partial charge in [-0.3, -0.25) is 10.1 Å². The van der Waals surface area contributed by atoms with E-state index in [1.165, 1.54) is 16.9 Å². The quantitative estimate of drug-likeness (QED) is 0.289. The van der Waals surface area contributed by atoms with Crippen molar-refractivity contribution in [3.8, 4) is 0 Å². The van der Waals surface area contributed by atoms with Gasteiger partial charge < -0.3 is 0 Å². The van der Waals surface area contributed by atoms with Crippen molar-refractivity contribution in [2.45, 2.75) is 22.9 Å². The molecule has 0 saturated heterocycles. The summed E-state index contributed by atoms with van der Waals surface area (Å²) in [5.41, 5.74) is 1.96. The SMILES string of the molecule is O=C(CS(=O)(=O)Cc1ccccc1)Nc1nnc(SCCCc2ccccc2)s1. The third-order valence-electron chi connectivity index (χ3n) is 3.91. The Bertz CT molecular complexity index is 1020. The van der Waals surface area contributed by atoms with Crippen LogP contribution < -0.4 is 5.32 Å². The Labute approximate surface area is 178 Å². The molecule has 0 radical (unpaired) electrons. The maximum Gasteiger partial charge on any atom is 0.241 e. The van der Waals surface area contributed by atoms with Crippen LogP contribution >= 0.6 is 23.1 Å². The summed E-state index contributed by atoms with van der Waals surface area (Å²) in [6, 6.07) is 19.1. The maximum absolute atomic E-state index is 12.2. The Morgan fingerprint density at radius 1 is 0.966 bits per heavy atom. The summed E-state index contributed by atoms with van der Waals surface area (Å²) in [6.07, 6.45) is 2.00. The highest BCUT2D eigenvalue weighted by atomic mass is 32.2. The van der Waals surface area contributed by atoms with Gasteiger partial charge >= 0.3 is 0 Å². The first-order valence-electron chi connectivity index (χ1n) is 9.05. The van der Waals surface area contributed by atoms with Crippen LogP contribution in [0.15, 0.2) is 65.0 Å². The van der Waals surface area contributed by atoms with Gasteiger partial charge in [0.05, 0.1) is 5.75 Å². The molecule has 1 heterocycles. The first-order chi connectivity index (χ1) is 14.0. The third kappa shape index (κ3) is 7.60. The third-order valence-corrected chi connectivity index (χ3v) is 7.44. The highest BCUT2D eigenvalue weighted by Gasteiger charge is 2.18. The Morgan fingerprint density at radius 3 is 2.31 bits per heavy atom. The second kappa shape index (κ2) is 10.5. The lowest BCUT2D eigenvalue weighted by Crippen LogP contribution is -2.23. The molecule has 0 atom stereocenters. The lowest BCUT2D eigenvalue weighted by Gasteiger charge is -2.04. The summed E-state index contributed by atoms with van der Waals surface area (Å²) in [6.45, 7) is 0. The number of aromatic nitrogens is 2. The number of benzene rings is 2. The summed E-state index contributed by atoms with van der Waals surface area (Å²) in [4.78, 5) is 12.1. The minimum Gasteiger partial charge on any atom is -0.300 e. The smallest absolute Gasteiger partial charge is 0.241 e. The lowest BCUT2D eigenvalue weighted by atomic mass is 10.1. The molecule has 3 rings (SSSR count). The van der Waals surface area contributed by atoms with Crippen LogP contribution in [0.2, 0.25) is 0 Å². The van der Waals surface area contributed by atoms with Crippen molar-refractivity contribution in [2.24, 2.45) is 0 Å². The molecule has 2 aromatic carbocycles. The Hall–Kier alpha value is -2.23. The first-order valence-corrected chi connectivity index (χ1v) is 12.7. The predicted octanol–water partition coefficient (Wildman–Crippen LogP) is 3.82. The summed E-state index contributed by atoms with van der Waals surface area (Å²) < 4.78 is 25.1. The van der Waals surface area contributed by atoms with Crippen molar-refractivity contribution >= 4 is 44.0 Å². The maximum atomic E-state index is 12.2. The van der Waals surface area contributed by atoms with Crippen LogP contribution in [0.5, 0.6) is 0 Å². The zero-order valence-electron chi connectivity index (χ0n) is 15.7. The van der Waals surface area contributed by atoms with E-state index in [2.05, 4.69) is 27.6 Å². The minimum absolute atomic E-state index is 0.167. The van der Waals surface area contributed by atoms with Crippen molar-refractivity contribution in [1.29, 1.82) is 0 Å². The van der Waals surface area contributed by atoms with Crippen LogP contribution in [-0.4, -0.2) is 36.0 Å². The molecule has 0 saturated carbocycles. The zero-order chi connectivity index (χ0) is 20.5. The second-order valence-electron chi connectivity index (χ2n) is 6.38. The average molecular weight is 448 g/mol. The van der Waals surface area contributed by atoms with Gasteiger partial charge in [0.2, 0.25) is 11.0 Å². The van der Waals surface area contributed by atoms with E-state index >= 15 is 0 Å². The number of amides is 1. The molecule has 152 valence electrons. The van der Waals surface area contributed by atoms with Gasteiger partial charge in [0.25, 0.3) is 0 Å². The van der Waals surface area contributed by atoms with Gasteiger partial charge in [0, 0.05) is 5.75 Å². The topological polar surface area (TPSA) is 89.0 Å². The molecule has 1 amide bonds. The van der Waals surface area contributed by atoms with E-state index < -0.39 is 21.5 Å². The van der Waals surface area contributed by atoms with Crippen molar-refractivity contribution in [2.75, 3.05) is 16.8 Å². The Morgan fingerprint density at radius 2 is 1.62 bits per heavy atom. The standard InChI is InChI=1S/C20H21N3O3S3/c24-18(15-29(25,26)14-17-10-5-2-6-11-17)21-19-22-23-20(28-19)27-13-7-12-16-8-3-1-4-9-16/h1-6,8-11H,7,12-15H2,(H,21,22,24). The second-order valence-corrected chi connectivity index (χ2v) is 10.8. The largest absolute Gasteiger partial charge is 0.300 e. The molecule has 0 aliphatic rings. The molecule has 0 aliphatic heterocycles. The van der Waals surface area contributed by atoms with Crippen molar-refractivity contribution in [3.05, 3.63) is 71.8 Å². The molecule has 9 heteroatoms. The molecule has 0 fully saturated rings. The number of anilines is 1. The molecular weight excluding hydrogens is 426 g/mol. The van der Waals surface area contributed by atoms with Crippen molar-refractivity contribution < 1.29 is 13.2 Å². The van der Waals surface area contributed by atoms with Gasteiger partial charge in [-0.2, -0.15) is 0 Å². The van der Waals surface area contributed by atoms with Crippen LogP contribution in [0.1, 0.15) is 17.5 Å². The number of thioether (sulfide) groups is 1. The average Bonchev–Trinajstić information content (AvgIpc) is 3.13. The predicted molar refractivity (Wildman–Crippen MR) is 118 cm³/mol. The number of nitrogens with one attached hydrogen (secondary N) is 1. The first kappa shape index (κ1) is 21.5. The normalized spacial score (nSPS) is 11.3. The molecule has 1 N–H and O–H groups in total. The van der Waals surface area contributed by atoms with Gasteiger partial charge in [-0.05, 0) is 24.0 Å². The molecule has 0 bridgehead atoms. The van der Waals surface area contributed by atoms with Crippen molar-refractivity contribution in [3.63, 3.8) is 0 Å². The Kier molecular flexibility index (Phi) is 7.79. The minimum atomic E-state index is -3.55. The van der Waals surface area contributed by atoms with E-state index in [-0.39, 0.29) is 5.75 Å². The fourth-order valence-electron chi connectivity index (χ4n) is 2.63. The molecule has 3 aromatic rings. The number of carbonyl (C=O) groups excluding carboxylic acids is 1. The number of aryl methyl sites for hydroxylation is 1. The van der Waals surface area contributed by atoms with Gasteiger partial charge in [0.1, 0.15) is 5.75 Å². The zero-order valence-corrected chi connectivity index (χ0v) is 18.1. The van der Waals surface area contributed by atoms with Crippen LogP contribution in [0, 0.1) is 0 Å². The number of carbonyl (C=O) groups is 1. The summed E-state index contributed by atoms with van der Waals surface area (Å²) >= 11 is 2.83. The molecule has 6 nitrogen and oxygen atoms in total. The fourth-order valence-corrected chi connectivity index (χ4v) is 5.69. The molecule has 0 aliphatic carbocycles. The summed E-state index contributed by atoms with van der Waals surface area (Å²) in [5, 5.41) is 10.8. The highest BCUT2D eigenvalue weighted by molar-refractivity contribution is 8.01. The van der Waals surface area contributed by atoms with Crippen LogP contribution in [0.25, 0.3) is 0 Å². The van der Waals surface area contributed by atoms with Crippen LogP contribution in [0.3, 0.4) is 0 Å². The lowest BCUT2D eigenvalue weighted by molar-refractivity contribution is -0.113. The van der Waals surface area contributed by atoms with Gasteiger partial charge in [-0.1, -0.05) is 83.8 Å². The summed E-state index contributed by atoms with van der Waals surface area (Å²) in [7, 11) is -3.55. The molecule has 0 spiro atoms. The van der Waals surface area contributed by atoms with E-state index in [0.29, 0.717) is 10.7 Å². The molecular formula is C20H21N3O3S3. The number of nitrogens with zero attached hydrogens (tertiary/aromatic N) is 2. The van der Waals surface area contributed by atoms with E-state index in [4.69, 9.17) is 0 Å². The highest BCUT2D eigenvalue weighted by Crippen LogP contribution is 2.26. The van der Waals surface area contributed by atoms with Gasteiger partial charge in [-0.15, -0.1) is 10.2 Å². The van der Waals surface area contributed by atoms with Gasteiger partial charge in [0.15, 0.2) is 14.2 Å². The van der Waals surface area contributed by atoms with Gasteiger partial charge in [-0.25, -0.2) is 8.42 Å². The van der Waals surface area contributed by atoms with E-state index in [1.807, 2.05) is 24.3 Å². The van der Waals surface area contributed by atoms with Crippen LogP contribution in [-0.2, 0) is 26.8 Å². The Balaban J connectivity index is 1.42. The number of sulfone groups is 1. The number of hydrogen-bond donors (Lipinski definition) is 1. The number of rotatable bonds is 10. The molecule has 1 aromatic heterocycles. The monoisotopic (exact) mass is 447 g/mol. The number of hydrogen-bond acceptors (Lipinski definition) is 7. The van der Waals surface area contributed by atoms with Crippen LogP contribution in [0.4, 0.5) is 5.13 Å². The molecule has 0 unspecified atom stereocenters. The molecule has 29 heavy (non-hydrogen) atoms.